The molecule has 23 heavy (non-hydrogen) atoms. The van der Waals surface area contributed by atoms with Crippen LogP contribution in [0.3, 0.4) is 0 Å². The standard InChI is InChI=1S/C18H26ClNO3/c1-17(2,13-9-11-20-12-10-13)23-16(21)18(3,4)22-15-7-5-14(19)6-8-15/h5-8,13,20H,9-12H2,1-4H3. The third-order valence-corrected chi connectivity index (χ3v) is 4.61. The summed E-state index contributed by atoms with van der Waals surface area (Å²) in [5.41, 5.74) is -1.56. The van der Waals surface area contributed by atoms with Gasteiger partial charge < -0.3 is 14.8 Å². The number of hydrogen-bond donors (Lipinski definition) is 1. The Morgan fingerprint density at radius 3 is 2.26 bits per heavy atom. The fraction of sp³-hybridized carbons (Fsp3) is 0.611. The molecular weight excluding hydrogens is 314 g/mol. The van der Waals surface area contributed by atoms with Gasteiger partial charge >= 0.3 is 5.97 Å². The topological polar surface area (TPSA) is 47.6 Å². The quantitative estimate of drug-likeness (QED) is 0.828. The summed E-state index contributed by atoms with van der Waals surface area (Å²) >= 11 is 5.87. The van der Waals surface area contributed by atoms with Gasteiger partial charge in [-0.2, -0.15) is 0 Å². The zero-order chi connectivity index (χ0) is 17.1. The summed E-state index contributed by atoms with van der Waals surface area (Å²) < 4.78 is 11.6. The first-order valence-corrected chi connectivity index (χ1v) is 8.47. The van der Waals surface area contributed by atoms with Crippen LogP contribution in [0.25, 0.3) is 0 Å². The van der Waals surface area contributed by atoms with E-state index in [1.165, 1.54) is 0 Å². The number of esters is 1. The zero-order valence-electron chi connectivity index (χ0n) is 14.3. The second kappa shape index (κ2) is 7.10. The van der Waals surface area contributed by atoms with E-state index in [2.05, 4.69) is 5.32 Å². The first-order chi connectivity index (χ1) is 10.7. The van der Waals surface area contributed by atoms with Gasteiger partial charge in [0.15, 0.2) is 5.60 Å². The third-order valence-electron chi connectivity index (χ3n) is 4.36. The summed E-state index contributed by atoms with van der Waals surface area (Å²) in [6.07, 6.45) is 2.03. The van der Waals surface area contributed by atoms with Crippen molar-refractivity contribution in [2.24, 2.45) is 5.92 Å². The van der Waals surface area contributed by atoms with Gasteiger partial charge in [-0.15, -0.1) is 0 Å². The molecule has 1 aromatic rings. The zero-order valence-corrected chi connectivity index (χ0v) is 15.1. The molecule has 1 saturated heterocycles. The molecule has 0 saturated carbocycles. The minimum atomic E-state index is -1.06. The van der Waals surface area contributed by atoms with E-state index in [0.29, 0.717) is 16.7 Å². The lowest BCUT2D eigenvalue weighted by molar-refractivity contribution is -0.178. The number of nitrogens with one attached hydrogen (secondary N) is 1. The normalized spacial score (nSPS) is 16.9. The highest BCUT2D eigenvalue weighted by Crippen LogP contribution is 2.31. The van der Waals surface area contributed by atoms with Crippen molar-refractivity contribution in [3.8, 4) is 5.75 Å². The largest absolute Gasteiger partial charge is 0.476 e. The van der Waals surface area contributed by atoms with Crippen molar-refractivity contribution >= 4 is 17.6 Å². The number of ether oxygens (including phenoxy) is 2. The Labute approximate surface area is 143 Å². The second-order valence-corrected chi connectivity index (χ2v) is 7.52. The lowest BCUT2D eigenvalue weighted by Crippen LogP contribution is -2.48. The van der Waals surface area contributed by atoms with E-state index in [1.54, 1.807) is 38.1 Å². The molecule has 0 radical (unpaired) electrons. The highest BCUT2D eigenvalue weighted by molar-refractivity contribution is 6.30. The molecule has 0 aliphatic carbocycles. The number of piperidine rings is 1. The van der Waals surface area contributed by atoms with Crippen molar-refractivity contribution in [1.82, 2.24) is 5.32 Å². The fourth-order valence-corrected chi connectivity index (χ4v) is 2.93. The monoisotopic (exact) mass is 339 g/mol. The number of benzene rings is 1. The van der Waals surface area contributed by atoms with Crippen molar-refractivity contribution in [3.05, 3.63) is 29.3 Å². The minimum Gasteiger partial charge on any atom is -0.476 e. The first kappa shape index (κ1) is 18.1. The number of carbonyl (C=O) groups excluding carboxylic acids is 1. The number of hydrogen-bond acceptors (Lipinski definition) is 4. The Morgan fingerprint density at radius 1 is 1.13 bits per heavy atom. The van der Waals surface area contributed by atoms with Crippen molar-refractivity contribution in [3.63, 3.8) is 0 Å². The van der Waals surface area contributed by atoms with Crippen LogP contribution in [0.15, 0.2) is 24.3 Å². The molecule has 2 rings (SSSR count). The molecule has 0 spiro atoms. The Bertz CT molecular complexity index is 534. The van der Waals surface area contributed by atoms with Gasteiger partial charge in [0.05, 0.1) is 0 Å². The van der Waals surface area contributed by atoms with E-state index in [-0.39, 0.29) is 5.97 Å². The molecule has 1 N–H and O–H groups in total. The summed E-state index contributed by atoms with van der Waals surface area (Å²) in [5, 5.41) is 3.96. The van der Waals surface area contributed by atoms with Crippen LogP contribution < -0.4 is 10.1 Å². The lowest BCUT2D eigenvalue weighted by Gasteiger charge is -2.38. The number of carbonyl (C=O) groups is 1. The van der Waals surface area contributed by atoms with Crippen LogP contribution in [-0.2, 0) is 9.53 Å². The molecule has 1 aliphatic heterocycles. The molecule has 128 valence electrons. The predicted octanol–water partition coefficient (Wildman–Crippen LogP) is 3.82. The van der Waals surface area contributed by atoms with Gasteiger partial charge in [-0.05, 0) is 77.9 Å². The van der Waals surface area contributed by atoms with E-state index in [0.717, 1.165) is 25.9 Å². The van der Waals surface area contributed by atoms with Crippen LogP contribution in [0.4, 0.5) is 0 Å². The maximum atomic E-state index is 12.6. The van der Waals surface area contributed by atoms with Gasteiger partial charge in [0.2, 0.25) is 0 Å². The molecule has 1 aromatic carbocycles. The van der Waals surface area contributed by atoms with Gasteiger partial charge in [0, 0.05) is 10.9 Å². The molecule has 0 amide bonds. The van der Waals surface area contributed by atoms with E-state index in [9.17, 15) is 4.79 Å². The predicted molar refractivity (Wildman–Crippen MR) is 91.9 cm³/mol. The van der Waals surface area contributed by atoms with Gasteiger partial charge in [-0.3, -0.25) is 0 Å². The minimum absolute atomic E-state index is 0.351. The third kappa shape index (κ3) is 4.85. The molecule has 0 aromatic heterocycles. The number of halogens is 1. The fourth-order valence-electron chi connectivity index (χ4n) is 2.80. The molecule has 0 bridgehead atoms. The summed E-state index contributed by atoms with van der Waals surface area (Å²) in [4.78, 5) is 12.6. The van der Waals surface area contributed by atoms with Crippen LogP contribution in [0.5, 0.6) is 5.75 Å². The highest BCUT2D eigenvalue weighted by atomic mass is 35.5. The average Bonchev–Trinajstić information content (AvgIpc) is 2.50. The Balaban J connectivity index is 2.00. The lowest BCUT2D eigenvalue weighted by atomic mass is 9.83. The second-order valence-electron chi connectivity index (χ2n) is 7.08. The van der Waals surface area contributed by atoms with E-state index in [4.69, 9.17) is 21.1 Å². The first-order valence-electron chi connectivity index (χ1n) is 8.09. The molecular formula is C18H26ClNO3. The molecule has 0 atom stereocenters. The molecule has 0 unspecified atom stereocenters. The summed E-state index contributed by atoms with van der Waals surface area (Å²) in [7, 11) is 0. The number of rotatable bonds is 5. The van der Waals surface area contributed by atoms with Crippen molar-refractivity contribution in [2.45, 2.75) is 51.7 Å². The van der Waals surface area contributed by atoms with Gasteiger partial charge in [-0.1, -0.05) is 11.6 Å². The average molecular weight is 340 g/mol. The maximum Gasteiger partial charge on any atom is 0.350 e. The summed E-state index contributed by atoms with van der Waals surface area (Å²) in [6, 6.07) is 6.96. The van der Waals surface area contributed by atoms with Crippen LogP contribution in [0, 0.1) is 5.92 Å². The maximum absolute atomic E-state index is 12.6. The van der Waals surface area contributed by atoms with Crippen LogP contribution in [0.1, 0.15) is 40.5 Å². The van der Waals surface area contributed by atoms with Crippen molar-refractivity contribution in [1.29, 1.82) is 0 Å². The molecule has 5 heteroatoms. The van der Waals surface area contributed by atoms with Crippen LogP contribution in [0.2, 0.25) is 5.02 Å². The van der Waals surface area contributed by atoms with Crippen molar-refractivity contribution < 1.29 is 14.3 Å². The van der Waals surface area contributed by atoms with Gasteiger partial charge in [0.25, 0.3) is 0 Å². The smallest absolute Gasteiger partial charge is 0.350 e. The Morgan fingerprint density at radius 2 is 1.70 bits per heavy atom. The Kier molecular flexibility index (Phi) is 5.58. The van der Waals surface area contributed by atoms with E-state index in [1.807, 2.05) is 13.8 Å². The van der Waals surface area contributed by atoms with E-state index < -0.39 is 11.2 Å². The highest BCUT2D eigenvalue weighted by Gasteiger charge is 2.40. The van der Waals surface area contributed by atoms with E-state index >= 15 is 0 Å². The van der Waals surface area contributed by atoms with Crippen LogP contribution in [-0.4, -0.2) is 30.3 Å². The molecule has 1 aliphatic rings. The molecule has 1 fully saturated rings. The van der Waals surface area contributed by atoms with Gasteiger partial charge in [0.1, 0.15) is 11.4 Å². The summed E-state index contributed by atoms with van der Waals surface area (Å²) in [6.45, 7) is 9.36. The molecule has 1 heterocycles. The van der Waals surface area contributed by atoms with Gasteiger partial charge in [-0.25, -0.2) is 4.79 Å². The van der Waals surface area contributed by atoms with Crippen LogP contribution >= 0.6 is 11.6 Å². The Hall–Kier alpha value is -1.26. The summed E-state index contributed by atoms with van der Waals surface area (Å²) in [5.74, 6) is 0.603. The van der Waals surface area contributed by atoms with Crippen molar-refractivity contribution in [2.75, 3.05) is 13.1 Å². The molecule has 4 nitrogen and oxygen atoms in total. The SMILES string of the molecule is CC(C)(Oc1ccc(Cl)cc1)C(=O)OC(C)(C)C1CCNCC1.